The van der Waals surface area contributed by atoms with Crippen molar-refractivity contribution in [3.05, 3.63) is 0 Å². The minimum Gasteiger partial charge on any atom is -0.726 e. The first kappa shape index (κ1) is 59.5. The Morgan fingerprint density at radius 3 is 0.862 bits per heavy atom. The first-order chi connectivity index (χ1) is 27.8. The van der Waals surface area contributed by atoms with Gasteiger partial charge in [-0.3, -0.25) is 4.18 Å². The summed E-state index contributed by atoms with van der Waals surface area (Å²) in [4.78, 5) is 0. The maximum atomic E-state index is 9.30. The summed E-state index contributed by atoms with van der Waals surface area (Å²) < 4.78 is 56.5. The van der Waals surface area contributed by atoms with Gasteiger partial charge in [0.2, 0.25) is 10.4 Å². The fourth-order valence-corrected chi connectivity index (χ4v) is 6.82. The lowest BCUT2D eigenvalue weighted by molar-refractivity contribution is -0.985. The van der Waals surface area contributed by atoms with Crippen molar-refractivity contribution in [1.82, 2.24) is 0 Å². The van der Waals surface area contributed by atoms with Gasteiger partial charge < -0.3 is 57.4 Å². The summed E-state index contributed by atoms with van der Waals surface area (Å²) in [5.41, 5.74) is 0. The first-order valence-electron chi connectivity index (χ1n) is 22.5. The molecular weight excluding hydrogens is 771 g/mol. The van der Waals surface area contributed by atoms with E-state index in [9.17, 15) is 33.4 Å². The highest BCUT2D eigenvalue weighted by Crippen LogP contribution is 2.16. The molecule has 352 valence electrons. The van der Waals surface area contributed by atoms with Gasteiger partial charge in [-0.05, 0) is 12.8 Å². The second kappa shape index (κ2) is 40.5. The second-order valence-electron chi connectivity index (χ2n) is 16.6. The second-order valence-corrected chi connectivity index (χ2v) is 17.7. The van der Waals surface area contributed by atoms with Gasteiger partial charge in [-0.15, -0.1) is 0 Å². The molecule has 2 unspecified atom stereocenters. The molecule has 0 radical (unpaired) electrons. The molecule has 0 fully saturated rings. The van der Waals surface area contributed by atoms with E-state index in [0.29, 0.717) is 52.9 Å². The lowest BCUT2D eigenvalue weighted by Crippen LogP contribution is -2.60. The highest BCUT2D eigenvalue weighted by atomic mass is 32.3. The predicted octanol–water partition coefficient (Wildman–Crippen LogP) is 3.72. The number of nitrogens with zero attached hydrogens (tertiary/aromatic N) is 3. The molecule has 58 heavy (non-hydrogen) atoms. The van der Waals surface area contributed by atoms with Crippen molar-refractivity contribution in [1.29, 1.82) is 0 Å². The Bertz CT molecular complexity index is 960. The zero-order chi connectivity index (χ0) is 43.7. The molecule has 0 spiro atoms. The maximum Gasteiger partial charge on any atom is 0.217 e. The van der Waals surface area contributed by atoms with Crippen LogP contribution in [0.3, 0.4) is 0 Å². The van der Waals surface area contributed by atoms with Gasteiger partial charge in [0.05, 0.1) is 114 Å². The van der Waals surface area contributed by atoms with E-state index >= 15 is 0 Å². The highest BCUT2D eigenvalue weighted by Gasteiger charge is 2.32. The van der Waals surface area contributed by atoms with Gasteiger partial charge in [-0.2, -0.15) is 0 Å². The van der Waals surface area contributed by atoms with E-state index in [1.165, 1.54) is 103 Å². The van der Waals surface area contributed by atoms with Crippen LogP contribution < -0.4 is 0 Å². The lowest BCUT2D eigenvalue weighted by Gasteiger charge is -2.42. The Kier molecular flexibility index (Phi) is 41.6. The average molecular weight is 864 g/mol. The molecule has 0 aliphatic heterocycles. The molecule has 15 nitrogen and oxygen atoms in total. The molecule has 0 amide bonds. The Morgan fingerprint density at radius 1 is 0.397 bits per heavy atom. The summed E-state index contributed by atoms with van der Waals surface area (Å²) in [5.74, 6) is 0. The van der Waals surface area contributed by atoms with Gasteiger partial charge in [0, 0.05) is 0 Å². The number of likely N-dealkylation sites (N-methyl/N-ethyl adjacent to an activating group) is 3. The fraction of sp³-hybridized carbons (Fsp3) is 1.00. The molecule has 0 aliphatic rings. The Labute approximate surface area is 355 Å². The number of quaternary nitrogens is 3. The number of hydrogen-bond donors (Lipinski definition) is 4. The van der Waals surface area contributed by atoms with E-state index in [2.05, 4.69) is 32.2 Å². The average Bonchev–Trinajstić information content (AvgIpc) is 3.20. The van der Waals surface area contributed by atoms with Gasteiger partial charge >= 0.3 is 0 Å². The van der Waals surface area contributed by atoms with Crippen molar-refractivity contribution in [2.45, 2.75) is 110 Å². The summed E-state index contributed by atoms with van der Waals surface area (Å²) in [6.07, 6.45) is 22.0. The van der Waals surface area contributed by atoms with Crippen molar-refractivity contribution in [2.24, 2.45) is 0 Å². The molecule has 0 aromatic carbocycles. The molecule has 16 heteroatoms. The minimum atomic E-state index is -4.41. The smallest absolute Gasteiger partial charge is 0.217 e. The summed E-state index contributed by atoms with van der Waals surface area (Å²) in [6, 6.07) is 0. The van der Waals surface area contributed by atoms with Crippen molar-refractivity contribution in [2.75, 3.05) is 166 Å². The van der Waals surface area contributed by atoms with E-state index in [1.807, 2.05) is 0 Å². The molecule has 4 N–H and O–H groups in total. The molecular formula is C42H93N3O12S+2. The third kappa shape index (κ3) is 40.8. The van der Waals surface area contributed by atoms with E-state index in [0.717, 1.165) is 79.5 Å². The number of aliphatic hydroxyl groups excluding tert-OH is 4. The zero-order valence-electron chi connectivity index (χ0n) is 38.0. The van der Waals surface area contributed by atoms with Gasteiger partial charge in [0.25, 0.3) is 0 Å². The molecule has 0 bridgehead atoms. The monoisotopic (exact) mass is 864 g/mol. The minimum absolute atomic E-state index is 0.0215. The van der Waals surface area contributed by atoms with E-state index < -0.39 is 10.4 Å². The van der Waals surface area contributed by atoms with Crippen LogP contribution in [0.15, 0.2) is 0 Å². The Morgan fingerprint density at radius 2 is 0.621 bits per heavy atom. The van der Waals surface area contributed by atoms with E-state index in [-0.39, 0.29) is 26.4 Å². The van der Waals surface area contributed by atoms with Crippen LogP contribution >= 0.6 is 0 Å². The normalized spacial score (nSPS) is 14.2. The number of rotatable bonds is 44. The Hall–Kier alpha value is -0.570. The third-order valence-corrected chi connectivity index (χ3v) is 11.6. The van der Waals surface area contributed by atoms with Crippen molar-refractivity contribution >= 4 is 10.4 Å². The summed E-state index contributed by atoms with van der Waals surface area (Å²) >= 11 is 0. The number of ether oxygens (including phenoxy) is 4. The van der Waals surface area contributed by atoms with Crippen LogP contribution in [-0.4, -0.2) is 213 Å². The van der Waals surface area contributed by atoms with E-state index in [1.54, 1.807) is 0 Å². The predicted molar refractivity (Wildman–Crippen MR) is 230 cm³/mol. The van der Waals surface area contributed by atoms with Crippen LogP contribution in [0, 0.1) is 0 Å². The summed E-state index contributed by atoms with van der Waals surface area (Å²) in [6.45, 7) is 14.7. The largest absolute Gasteiger partial charge is 0.726 e. The van der Waals surface area contributed by atoms with Gasteiger partial charge in [0.1, 0.15) is 52.4 Å². The third-order valence-electron chi connectivity index (χ3n) is 11.2. The van der Waals surface area contributed by atoms with Gasteiger partial charge in [0.15, 0.2) is 0 Å². The molecule has 0 saturated heterocycles. The van der Waals surface area contributed by atoms with Crippen LogP contribution in [0.4, 0.5) is 0 Å². The molecule has 2 atom stereocenters. The molecule has 0 rings (SSSR count). The topological polar surface area (TPSA) is 184 Å². The molecule has 0 aliphatic carbocycles. The quantitative estimate of drug-likeness (QED) is 0.0302. The standard InChI is InChI=1S/C41H90N3O8.CH4O4S/c1-5-6-7-8-9-10-11-12-13-14-15-16-17-18-19-20-21-42(2,26-34-49-38-30-45)22-23-43(3,27-35-50-39-31-46)24-25-44(4,28-36-51-40-32-47)29-37-52-41-33-48;1-5-6(2,3)4/h45-48H,5-41H2,1-4H3;1H3,(H,2,3,4)/q+3;/p-1. The van der Waals surface area contributed by atoms with Crippen LogP contribution in [0.25, 0.3) is 0 Å². The van der Waals surface area contributed by atoms with Crippen LogP contribution in [0.1, 0.15) is 110 Å². The maximum absolute atomic E-state index is 9.30. The van der Waals surface area contributed by atoms with Crippen LogP contribution in [0.2, 0.25) is 0 Å². The molecule has 0 heterocycles. The van der Waals surface area contributed by atoms with Crippen LogP contribution in [-0.2, 0) is 33.5 Å². The van der Waals surface area contributed by atoms with Gasteiger partial charge in [-0.1, -0.05) is 96.8 Å². The number of hydrogen-bond acceptors (Lipinski definition) is 12. The Balaban J connectivity index is 0. The SMILES string of the molecule is CCCCCCCCCCCCCCCCCC[N+](C)(CCOCCO)CC[N+](C)(CCOCCO)CC[N+](C)(CCOCCO)CCOCCO.COS(=O)(=O)[O-]. The van der Waals surface area contributed by atoms with Crippen molar-refractivity contribution < 1.29 is 70.0 Å². The number of aliphatic hydroxyl groups is 4. The van der Waals surface area contributed by atoms with E-state index in [4.69, 9.17) is 18.9 Å². The number of unbranched alkanes of at least 4 members (excludes halogenated alkanes) is 15. The first-order valence-corrected chi connectivity index (χ1v) is 23.9. The zero-order valence-corrected chi connectivity index (χ0v) is 38.8. The van der Waals surface area contributed by atoms with Crippen molar-refractivity contribution in [3.63, 3.8) is 0 Å². The molecule has 0 aromatic rings. The summed E-state index contributed by atoms with van der Waals surface area (Å²) in [7, 11) is 3.34. The van der Waals surface area contributed by atoms with Crippen molar-refractivity contribution in [3.8, 4) is 0 Å². The lowest BCUT2D eigenvalue weighted by atomic mass is 10.0. The molecule has 0 aromatic heterocycles. The fourth-order valence-electron chi connectivity index (χ4n) is 6.82. The molecule has 0 saturated carbocycles. The summed E-state index contributed by atoms with van der Waals surface area (Å²) in [5, 5.41) is 36.9. The van der Waals surface area contributed by atoms with Crippen LogP contribution in [0.5, 0.6) is 0 Å². The highest BCUT2D eigenvalue weighted by molar-refractivity contribution is 7.80. The van der Waals surface area contributed by atoms with Gasteiger partial charge in [-0.25, -0.2) is 8.42 Å².